The number of carbonyl (C=O) groups is 2. The summed E-state index contributed by atoms with van der Waals surface area (Å²) in [5, 5.41) is 6.57. The Morgan fingerprint density at radius 3 is 2.96 bits per heavy atom. The molecule has 2 heterocycles. The largest absolute Gasteiger partial charge is 0.356 e. The SMILES string of the molecule is CCCC(=O)NCC1CCCN(CC(=O)Nc2nc3ccccc3s2)C1. The highest BCUT2D eigenvalue weighted by Crippen LogP contribution is 2.25. The highest BCUT2D eigenvalue weighted by molar-refractivity contribution is 7.22. The molecule has 1 aliphatic rings. The van der Waals surface area contributed by atoms with Crippen molar-refractivity contribution in [1.29, 1.82) is 0 Å². The highest BCUT2D eigenvalue weighted by Gasteiger charge is 2.22. The molecular formula is C19H26N4O2S. The number of anilines is 1. The number of hydrogen-bond acceptors (Lipinski definition) is 5. The fourth-order valence-electron chi connectivity index (χ4n) is 3.32. The van der Waals surface area contributed by atoms with E-state index in [1.807, 2.05) is 31.2 Å². The van der Waals surface area contributed by atoms with Crippen LogP contribution in [0.4, 0.5) is 5.13 Å². The first kappa shape index (κ1) is 18.8. The van der Waals surface area contributed by atoms with Crippen LogP contribution in [0.15, 0.2) is 24.3 Å². The van der Waals surface area contributed by atoms with Gasteiger partial charge in [0.1, 0.15) is 0 Å². The van der Waals surface area contributed by atoms with Crippen LogP contribution >= 0.6 is 11.3 Å². The number of rotatable bonds is 7. The van der Waals surface area contributed by atoms with Crippen LogP contribution in [-0.2, 0) is 9.59 Å². The Bertz CT molecular complexity index is 728. The van der Waals surface area contributed by atoms with E-state index in [0.717, 1.165) is 42.6 Å². The third kappa shape index (κ3) is 5.25. The first-order chi connectivity index (χ1) is 12.6. The molecular weight excluding hydrogens is 348 g/mol. The Kier molecular flexibility index (Phi) is 6.57. The minimum absolute atomic E-state index is 0.0280. The van der Waals surface area contributed by atoms with Gasteiger partial charge in [-0.25, -0.2) is 4.98 Å². The van der Waals surface area contributed by atoms with Crippen molar-refractivity contribution in [2.45, 2.75) is 32.6 Å². The van der Waals surface area contributed by atoms with E-state index in [9.17, 15) is 9.59 Å². The molecule has 140 valence electrons. The van der Waals surface area contributed by atoms with Gasteiger partial charge in [0.2, 0.25) is 11.8 Å². The van der Waals surface area contributed by atoms with Gasteiger partial charge in [-0.05, 0) is 43.9 Å². The van der Waals surface area contributed by atoms with Gasteiger partial charge >= 0.3 is 0 Å². The number of nitrogens with zero attached hydrogens (tertiary/aromatic N) is 2. The maximum atomic E-state index is 12.4. The summed E-state index contributed by atoms with van der Waals surface area (Å²) in [7, 11) is 0. The van der Waals surface area contributed by atoms with E-state index in [-0.39, 0.29) is 11.8 Å². The number of piperidine rings is 1. The molecule has 1 atom stereocenters. The summed E-state index contributed by atoms with van der Waals surface area (Å²) in [5.41, 5.74) is 0.911. The van der Waals surface area contributed by atoms with E-state index in [1.54, 1.807) is 0 Å². The van der Waals surface area contributed by atoms with Gasteiger partial charge in [-0.3, -0.25) is 14.5 Å². The number of hydrogen-bond donors (Lipinski definition) is 2. The Balaban J connectivity index is 1.46. The number of thiazole rings is 1. The van der Waals surface area contributed by atoms with Gasteiger partial charge in [0.15, 0.2) is 5.13 Å². The zero-order chi connectivity index (χ0) is 18.4. The van der Waals surface area contributed by atoms with Crippen LogP contribution < -0.4 is 10.6 Å². The number of aromatic nitrogens is 1. The fourth-order valence-corrected chi connectivity index (χ4v) is 4.20. The molecule has 2 amide bonds. The maximum absolute atomic E-state index is 12.4. The van der Waals surface area contributed by atoms with Crippen molar-refractivity contribution < 1.29 is 9.59 Å². The van der Waals surface area contributed by atoms with E-state index in [0.29, 0.717) is 30.6 Å². The van der Waals surface area contributed by atoms with Crippen LogP contribution in [0.5, 0.6) is 0 Å². The molecule has 0 bridgehead atoms. The molecule has 2 N–H and O–H groups in total. The van der Waals surface area contributed by atoms with E-state index in [2.05, 4.69) is 20.5 Å². The first-order valence-electron chi connectivity index (χ1n) is 9.28. The summed E-state index contributed by atoms with van der Waals surface area (Å²) in [6.45, 7) is 4.85. The molecule has 0 radical (unpaired) electrons. The number of likely N-dealkylation sites (tertiary alicyclic amines) is 1. The molecule has 0 aliphatic carbocycles. The average molecular weight is 375 g/mol. The zero-order valence-electron chi connectivity index (χ0n) is 15.2. The molecule has 3 rings (SSSR count). The number of nitrogens with one attached hydrogen (secondary N) is 2. The summed E-state index contributed by atoms with van der Waals surface area (Å²) in [6, 6.07) is 7.87. The average Bonchev–Trinajstić information content (AvgIpc) is 3.02. The smallest absolute Gasteiger partial charge is 0.240 e. The molecule has 26 heavy (non-hydrogen) atoms. The Morgan fingerprint density at radius 1 is 1.31 bits per heavy atom. The molecule has 2 aromatic rings. The normalized spacial score (nSPS) is 18.0. The molecule has 1 saturated heterocycles. The maximum Gasteiger partial charge on any atom is 0.240 e. The zero-order valence-corrected chi connectivity index (χ0v) is 16.0. The summed E-state index contributed by atoms with van der Waals surface area (Å²) < 4.78 is 1.07. The molecule has 1 unspecified atom stereocenters. The summed E-state index contributed by atoms with van der Waals surface area (Å²) >= 11 is 1.50. The first-order valence-corrected chi connectivity index (χ1v) is 10.1. The van der Waals surface area contributed by atoms with Gasteiger partial charge in [0.25, 0.3) is 0 Å². The van der Waals surface area contributed by atoms with Crippen LogP contribution in [0.1, 0.15) is 32.6 Å². The van der Waals surface area contributed by atoms with E-state index in [4.69, 9.17) is 0 Å². The van der Waals surface area contributed by atoms with Crippen LogP contribution in [0.3, 0.4) is 0 Å². The van der Waals surface area contributed by atoms with Crippen LogP contribution in [0.25, 0.3) is 10.2 Å². The second kappa shape index (κ2) is 9.09. The number of amides is 2. The molecule has 7 heteroatoms. The van der Waals surface area contributed by atoms with Crippen molar-refractivity contribution in [2.75, 3.05) is 31.5 Å². The lowest BCUT2D eigenvalue weighted by Crippen LogP contribution is -2.43. The lowest BCUT2D eigenvalue weighted by Gasteiger charge is -2.32. The Labute approximate surface area is 158 Å². The van der Waals surface area contributed by atoms with Crippen molar-refractivity contribution in [3.8, 4) is 0 Å². The molecule has 1 aliphatic heterocycles. The predicted molar refractivity (Wildman–Crippen MR) is 105 cm³/mol. The molecule has 1 fully saturated rings. The van der Waals surface area contributed by atoms with E-state index >= 15 is 0 Å². The lowest BCUT2D eigenvalue weighted by atomic mass is 9.98. The van der Waals surface area contributed by atoms with Crippen LogP contribution in [0, 0.1) is 5.92 Å². The van der Waals surface area contributed by atoms with E-state index < -0.39 is 0 Å². The molecule has 0 saturated carbocycles. The Morgan fingerprint density at radius 2 is 2.15 bits per heavy atom. The van der Waals surface area contributed by atoms with Gasteiger partial charge in [0.05, 0.1) is 16.8 Å². The molecule has 1 aromatic heterocycles. The van der Waals surface area contributed by atoms with Crippen molar-refractivity contribution in [2.24, 2.45) is 5.92 Å². The van der Waals surface area contributed by atoms with Gasteiger partial charge < -0.3 is 10.6 Å². The minimum Gasteiger partial charge on any atom is -0.356 e. The van der Waals surface area contributed by atoms with Gasteiger partial charge in [-0.15, -0.1) is 0 Å². The minimum atomic E-state index is -0.0280. The summed E-state index contributed by atoms with van der Waals surface area (Å²) in [5.74, 6) is 0.512. The second-order valence-corrected chi connectivity index (χ2v) is 7.86. The van der Waals surface area contributed by atoms with Crippen molar-refractivity contribution in [3.05, 3.63) is 24.3 Å². The van der Waals surface area contributed by atoms with Crippen LogP contribution in [-0.4, -0.2) is 47.9 Å². The second-order valence-electron chi connectivity index (χ2n) is 6.83. The van der Waals surface area contributed by atoms with E-state index in [1.165, 1.54) is 11.3 Å². The quantitative estimate of drug-likeness (QED) is 0.781. The Hall–Kier alpha value is -1.99. The third-order valence-corrected chi connectivity index (χ3v) is 5.53. The van der Waals surface area contributed by atoms with Gasteiger partial charge in [-0.2, -0.15) is 0 Å². The molecule has 0 spiro atoms. The number of benzene rings is 1. The third-order valence-electron chi connectivity index (χ3n) is 4.58. The number of para-hydroxylation sites is 1. The molecule has 6 nitrogen and oxygen atoms in total. The monoisotopic (exact) mass is 374 g/mol. The molecule has 1 aromatic carbocycles. The lowest BCUT2D eigenvalue weighted by molar-refractivity contribution is -0.121. The van der Waals surface area contributed by atoms with Crippen molar-refractivity contribution in [1.82, 2.24) is 15.2 Å². The van der Waals surface area contributed by atoms with Crippen LogP contribution in [0.2, 0.25) is 0 Å². The standard InChI is InChI=1S/C19H26N4O2S/c1-2-6-17(24)20-11-14-7-5-10-23(12-14)13-18(25)22-19-21-15-8-3-4-9-16(15)26-19/h3-4,8-9,14H,2,5-7,10-13H2,1H3,(H,20,24)(H,21,22,25). The highest BCUT2D eigenvalue weighted by atomic mass is 32.1. The number of fused-ring (bicyclic) bond motifs is 1. The van der Waals surface area contributed by atoms with Gasteiger partial charge in [-0.1, -0.05) is 30.4 Å². The summed E-state index contributed by atoms with van der Waals surface area (Å²) in [4.78, 5) is 30.6. The van der Waals surface area contributed by atoms with Gasteiger partial charge in [0, 0.05) is 19.5 Å². The number of carbonyl (C=O) groups excluding carboxylic acids is 2. The van der Waals surface area contributed by atoms with Crippen molar-refractivity contribution >= 4 is 38.5 Å². The van der Waals surface area contributed by atoms with Crippen molar-refractivity contribution in [3.63, 3.8) is 0 Å². The topological polar surface area (TPSA) is 74.3 Å². The predicted octanol–water partition coefficient (Wildman–Crippen LogP) is 2.86. The summed E-state index contributed by atoms with van der Waals surface area (Å²) in [6.07, 6.45) is 3.61. The fraction of sp³-hybridized carbons (Fsp3) is 0.526.